The Balaban J connectivity index is 0.00000338. The van der Waals surface area contributed by atoms with Crippen molar-refractivity contribution in [3.63, 3.8) is 0 Å². The van der Waals surface area contributed by atoms with Gasteiger partial charge in [-0.05, 0) is 23.8 Å². The minimum atomic E-state index is -4.37. The second kappa shape index (κ2) is 9.30. The standard InChI is InChI=1S/C16H14ClF3N4O.ClH/c17-14-11(8-23-24-15(21)22)2-1-3-13(14)25-9-10-4-6-12(7-5-10)16(18,19)20;/h1-8H,9H2,(H4,21,22,24);1H. The Kier molecular flexibility index (Phi) is 7.73. The van der Waals surface area contributed by atoms with E-state index < -0.39 is 11.7 Å². The van der Waals surface area contributed by atoms with Gasteiger partial charge in [-0.15, -0.1) is 12.4 Å². The molecule has 0 saturated carbocycles. The number of hydrazone groups is 1. The fourth-order valence-electron chi connectivity index (χ4n) is 1.86. The molecule has 0 aliphatic rings. The average Bonchev–Trinajstić information content (AvgIpc) is 2.54. The van der Waals surface area contributed by atoms with Crippen LogP contribution in [-0.4, -0.2) is 12.2 Å². The van der Waals surface area contributed by atoms with Crippen molar-refractivity contribution >= 4 is 36.2 Å². The van der Waals surface area contributed by atoms with Crippen molar-refractivity contribution in [1.82, 2.24) is 5.43 Å². The molecule has 2 aromatic rings. The van der Waals surface area contributed by atoms with Crippen molar-refractivity contribution in [3.8, 4) is 5.75 Å². The summed E-state index contributed by atoms with van der Waals surface area (Å²) < 4.78 is 43.2. The van der Waals surface area contributed by atoms with Gasteiger partial charge in [0, 0.05) is 5.56 Å². The van der Waals surface area contributed by atoms with Gasteiger partial charge >= 0.3 is 6.18 Å². The molecule has 4 N–H and O–H groups in total. The normalized spacial score (nSPS) is 11.1. The largest absolute Gasteiger partial charge is 0.487 e. The van der Waals surface area contributed by atoms with E-state index in [4.69, 9.17) is 27.5 Å². The Hall–Kier alpha value is -2.45. The summed E-state index contributed by atoms with van der Waals surface area (Å²) in [5, 5.41) is 11.0. The topological polar surface area (TPSA) is 83.5 Å². The Labute approximate surface area is 158 Å². The number of halogens is 5. The molecule has 0 bridgehead atoms. The molecule has 0 saturated heterocycles. The highest BCUT2D eigenvalue weighted by Gasteiger charge is 2.29. The van der Waals surface area contributed by atoms with Gasteiger partial charge in [-0.2, -0.15) is 18.3 Å². The van der Waals surface area contributed by atoms with E-state index in [1.54, 1.807) is 18.2 Å². The highest BCUT2D eigenvalue weighted by molar-refractivity contribution is 6.34. The Bertz CT molecular complexity index is 780. The first-order valence-electron chi connectivity index (χ1n) is 6.98. The molecule has 0 amide bonds. The number of nitrogens with zero attached hydrogens (tertiary/aromatic N) is 1. The van der Waals surface area contributed by atoms with Crippen molar-refractivity contribution in [2.75, 3.05) is 0 Å². The van der Waals surface area contributed by atoms with Gasteiger partial charge in [0.25, 0.3) is 0 Å². The van der Waals surface area contributed by atoms with E-state index in [9.17, 15) is 13.2 Å². The number of ether oxygens (including phenoxy) is 1. The molecule has 5 nitrogen and oxygen atoms in total. The third-order valence-corrected chi connectivity index (χ3v) is 3.46. The zero-order valence-electron chi connectivity index (χ0n) is 13.2. The van der Waals surface area contributed by atoms with E-state index in [-0.39, 0.29) is 30.0 Å². The fraction of sp³-hybridized carbons (Fsp3) is 0.125. The Morgan fingerprint density at radius 3 is 2.46 bits per heavy atom. The number of hydrogen-bond acceptors (Lipinski definition) is 3. The van der Waals surface area contributed by atoms with Gasteiger partial charge in [0.1, 0.15) is 12.4 Å². The molecule has 0 fully saturated rings. The zero-order chi connectivity index (χ0) is 18.4. The van der Waals surface area contributed by atoms with Crippen molar-refractivity contribution < 1.29 is 17.9 Å². The summed E-state index contributed by atoms with van der Waals surface area (Å²) in [7, 11) is 0. The molecule has 26 heavy (non-hydrogen) atoms. The first-order chi connectivity index (χ1) is 11.8. The van der Waals surface area contributed by atoms with Crippen LogP contribution in [0.25, 0.3) is 0 Å². The maximum Gasteiger partial charge on any atom is 0.416 e. The molecular formula is C16H15Cl2F3N4O. The third kappa shape index (κ3) is 6.12. The predicted molar refractivity (Wildman–Crippen MR) is 97.1 cm³/mol. The molecule has 0 aliphatic heterocycles. The van der Waals surface area contributed by atoms with E-state index in [0.29, 0.717) is 16.9 Å². The number of nitrogens with one attached hydrogen (secondary N) is 2. The predicted octanol–water partition coefficient (Wildman–Crippen LogP) is 4.18. The fourth-order valence-corrected chi connectivity index (χ4v) is 2.09. The number of alkyl halides is 3. The molecule has 2 aromatic carbocycles. The lowest BCUT2D eigenvalue weighted by atomic mass is 10.1. The van der Waals surface area contributed by atoms with Crippen LogP contribution in [0.2, 0.25) is 5.02 Å². The molecule has 0 aliphatic carbocycles. The number of rotatable bonds is 5. The summed E-state index contributed by atoms with van der Waals surface area (Å²) >= 11 is 6.20. The number of guanidine groups is 1. The maximum absolute atomic E-state index is 12.5. The van der Waals surface area contributed by atoms with Crippen LogP contribution >= 0.6 is 24.0 Å². The lowest BCUT2D eigenvalue weighted by Crippen LogP contribution is -2.25. The molecule has 0 atom stereocenters. The van der Waals surface area contributed by atoms with E-state index in [1.807, 2.05) is 0 Å². The van der Waals surface area contributed by atoms with Crippen LogP contribution in [0.4, 0.5) is 13.2 Å². The molecule has 0 heterocycles. The second-order valence-electron chi connectivity index (χ2n) is 4.93. The summed E-state index contributed by atoms with van der Waals surface area (Å²) in [5.41, 5.74) is 7.74. The Morgan fingerprint density at radius 1 is 1.23 bits per heavy atom. The number of nitrogens with two attached hydrogens (primary N) is 1. The van der Waals surface area contributed by atoms with Crippen LogP contribution in [0.15, 0.2) is 47.6 Å². The van der Waals surface area contributed by atoms with Crippen LogP contribution in [0.3, 0.4) is 0 Å². The minimum absolute atomic E-state index is 0. The molecule has 0 aromatic heterocycles. The van der Waals surface area contributed by atoms with Crippen LogP contribution in [-0.2, 0) is 12.8 Å². The summed E-state index contributed by atoms with van der Waals surface area (Å²) in [6.45, 7) is 0.0597. The van der Waals surface area contributed by atoms with Gasteiger partial charge < -0.3 is 10.5 Å². The van der Waals surface area contributed by atoms with Gasteiger partial charge in [-0.3, -0.25) is 5.41 Å². The molecule has 0 spiro atoms. The van der Waals surface area contributed by atoms with E-state index in [0.717, 1.165) is 12.1 Å². The van der Waals surface area contributed by atoms with Gasteiger partial charge in [-0.25, -0.2) is 5.43 Å². The summed E-state index contributed by atoms with van der Waals surface area (Å²) in [6, 6.07) is 9.68. The summed E-state index contributed by atoms with van der Waals surface area (Å²) in [4.78, 5) is 0. The molecule has 2 rings (SSSR count). The van der Waals surface area contributed by atoms with Gasteiger partial charge in [0.15, 0.2) is 0 Å². The lowest BCUT2D eigenvalue weighted by Gasteiger charge is -2.11. The first kappa shape index (κ1) is 21.6. The highest BCUT2D eigenvalue weighted by Crippen LogP contribution is 2.30. The quantitative estimate of drug-likeness (QED) is 0.395. The molecule has 0 unspecified atom stereocenters. The van der Waals surface area contributed by atoms with Gasteiger partial charge in [-0.1, -0.05) is 35.9 Å². The van der Waals surface area contributed by atoms with Gasteiger partial charge in [0.2, 0.25) is 5.96 Å². The molecule has 0 radical (unpaired) electrons. The SMILES string of the molecule is Cl.N=C(N)NN=Cc1cccc(OCc2ccc(C(F)(F)F)cc2)c1Cl. The Morgan fingerprint density at radius 2 is 1.88 bits per heavy atom. The van der Waals surface area contributed by atoms with Crippen LogP contribution in [0.5, 0.6) is 5.75 Å². The second-order valence-corrected chi connectivity index (χ2v) is 5.30. The number of hydrogen-bond donors (Lipinski definition) is 3. The highest BCUT2D eigenvalue weighted by atomic mass is 35.5. The van der Waals surface area contributed by atoms with E-state index in [1.165, 1.54) is 18.3 Å². The molecule has 10 heteroatoms. The van der Waals surface area contributed by atoms with Crippen molar-refractivity contribution in [2.24, 2.45) is 10.8 Å². The van der Waals surface area contributed by atoms with Crippen LogP contribution < -0.4 is 15.9 Å². The minimum Gasteiger partial charge on any atom is -0.487 e. The first-order valence-corrected chi connectivity index (χ1v) is 7.35. The molecular weight excluding hydrogens is 392 g/mol. The van der Waals surface area contributed by atoms with Crippen molar-refractivity contribution in [2.45, 2.75) is 12.8 Å². The van der Waals surface area contributed by atoms with Crippen molar-refractivity contribution in [1.29, 1.82) is 5.41 Å². The number of benzene rings is 2. The zero-order valence-corrected chi connectivity index (χ0v) is 14.8. The maximum atomic E-state index is 12.5. The smallest absolute Gasteiger partial charge is 0.416 e. The van der Waals surface area contributed by atoms with Crippen LogP contribution in [0.1, 0.15) is 16.7 Å². The van der Waals surface area contributed by atoms with Crippen LogP contribution in [0, 0.1) is 5.41 Å². The average molecular weight is 407 g/mol. The van der Waals surface area contributed by atoms with Crippen molar-refractivity contribution in [3.05, 3.63) is 64.2 Å². The van der Waals surface area contributed by atoms with E-state index >= 15 is 0 Å². The third-order valence-electron chi connectivity index (χ3n) is 3.06. The summed E-state index contributed by atoms with van der Waals surface area (Å²) in [5.74, 6) is 0.0374. The van der Waals surface area contributed by atoms with Gasteiger partial charge in [0.05, 0.1) is 16.8 Å². The summed E-state index contributed by atoms with van der Waals surface area (Å²) in [6.07, 6.45) is -3.00. The molecule has 140 valence electrons. The monoisotopic (exact) mass is 406 g/mol. The lowest BCUT2D eigenvalue weighted by molar-refractivity contribution is -0.137. The van der Waals surface area contributed by atoms with E-state index in [2.05, 4.69) is 10.5 Å².